The van der Waals surface area contributed by atoms with Gasteiger partial charge in [0.25, 0.3) is 0 Å². The summed E-state index contributed by atoms with van der Waals surface area (Å²) in [5, 5.41) is 1.32. The fraction of sp³-hybridized carbons (Fsp3) is 0.0714. The second-order valence-corrected chi connectivity index (χ2v) is 5.76. The minimum atomic E-state index is 0.902. The number of thiazole rings is 1. The van der Waals surface area contributed by atoms with Gasteiger partial charge in [-0.1, -0.05) is 11.3 Å². The summed E-state index contributed by atoms with van der Waals surface area (Å²) in [6, 6.07) is 6.38. The van der Waals surface area contributed by atoms with Crippen LogP contribution in [0.2, 0.25) is 0 Å². The molecule has 1 aliphatic heterocycles. The molecule has 4 aromatic heterocycles. The van der Waals surface area contributed by atoms with Crippen molar-refractivity contribution in [1.29, 1.82) is 0 Å². The van der Waals surface area contributed by atoms with Gasteiger partial charge in [-0.15, -0.1) is 0 Å². The van der Waals surface area contributed by atoms with Crippen molar-refractivity contribution in [2.45, 2.75) is 6.54 Å². The first-order chi connectivity index (χ1) is 9.42. The van der Waals surface area contributed by atoms with E-state index in [1.807, 2.05) is 42.3 Å². The molecule has 0 atom stereocenters. The Morgan fingerprint density at radius 1 is 1.21 bits per heavy atom. The molecule has 0 aromatic carbocycles. The van der Waals surface area contributed by atoms with Crippen LogP contribution in [0, 0.1) is 0 Å². The summed E-state index contributed by atoms with van der Waals surface area (Å²) in [6.45, 7) is 0.902. The van der Waals surface area contributed by atoms with Crippen molar-refractivity contribution >= 4 is 27.2 Å². The average molecular weight is 265 g/mol. The van der Waals surface area contributed by atoms with Gasteiger partial charge in [0.1, 0.15) is 16.8 Å². The predicted octanol–water partition coefficient (Wildman–Crippen LogP) is 2.26. The molecule has 4 nitrogen and oxygen atoms in total. The summed E-state index contributed by atoms with van der Waals surface area (Å²) >= 11 is 1.84. The molecular formula is C14H9N4S+. The van der Waals surface area contributed by atoms with E-state index in [1.54, 1.807) is 0 Å². The lowest BCUT2D eigenvalue weighted by Gasteiger charge is -1.91. The van der Waals surface area contributed by atoms with Crippen molar-refractivity contribution in [3.63, 3.8) is 0 Å². The van der Waals surface area contributed by atoms with Gasteiger partial charge in [0.15, 0.2) is 11.3 Å². The first-order valence-corrected chi connectivity index (χ1v) is 6.94. The molecule has 0 radical (unpaired) electrons. The van der Waals surface area contributed by atoms with E-state index < -0.39 is 0 Å². The van der Waals surface area contributed by atoms with Crippen LogP contribution < -0.4 is 4.57 Å². The van der Waals surface area contributed by atoms with Gasteiger partial charge in [-0.2, -0.15) is 4.40 Å². The number of rotatable bonds is 0. The van der Waals surface area contributed by atoms with Crippen molar-refractivity contribution in [2.75, 3.05) is 0 Å². The molecule has 0 spiro atoms. The maximum atomic E-state index is 4.23. The Morgan fingerprint density at radius 2 is 2.16 bits per heavy atom. The smallest absolute Gasteiger partial charge is 0.264 e. The van der Waals surface area contributed by atoms with E-state index >= 15 is 0 Å². The third-order valence-corrected chi connectivity index (χ3v) is 4.84. The molecule has 0 N–H and O–H groups in total. The van der Waals surface area contributed by atoms with E-state index in [-0.39, 0.29) is 0 Å². The summed E-state index contributed by atoms with van der Waals surface area (Å²) in [7, 11) is 0. The quantitative estimate of drug-likeness (QED) is 0.402. The van der Waals surface area contributed by atoms with Crippen LogP contribution in [0.5, 0.6) is 0 Å². The molecule has 0 aliphatic carbocycles. The van der Waals surface area contributed by atoms with Gasteiger partial charge < -0.3 is 0 Å². The molecule has 90 valence electrons. The van der Waals surface area contributed by atoms with Crippen LogP contribution >= 0.6 is 11.3 Å². The summed E-state index contributed by atoms with van der Waals surface area (Å²) in [6.07, 6.45) is 7.56. The molecule has 4 aromatic rings. The summed E-state index contributed by atoms with van der Waals surface area (Å²) in [4.78, 5) is 8.45. The number of aromatic nitrogens is 4. The number of hydrogen-bond donors (Lipinski definition) is 0. The Kier molecular flexibility index (Phi) is 1.62. The van der Waals surface area contributed by atoms with Gasteiger partial charge in [-0.05, 0) is 6.07 Å². The highest BCUT2D eigenvalue weighted by Crippen LogP contribution is 2.35. The van der Waals surface area contributed by atoms with Crippen LogP contribution in [-0.4, -0.2) is 14.4 Å². The Morgan fingerprint density at radius 3 is 3.16 bits per heavy atom. The van der Waals surface area contributed by atoms with Gasteiger partial charge in [0, 0.05) is 41.9 Å². The second kappa shape index (κ2) is 3.19. The number of hydrogen-bond acceptors (Lipinski definition) is 3. The Hall–Kier alpha value is -2.27. The highest BCUT2D eigenvalue weighted by atomic mass is 32.1. The lowest BCUT2D eigenvalue weighted by molar-refractivity contribution is -0.644. The molecule has 5 rings (SSSR count). The van der Waals surface area contributed by atoms with Gasteiger partial charge in [-0.3, -0.25) is 4.98 Å². The molecule has 0 fully saturated rings. The number of pyridine rings is 1. The third kappa shape index (κ3) is 1.11. The van der Waals surface area contributed by atoms with Crippen LogP contribution in [0.4, 0.5) is 0 Å². The minimum absolute atomic E-state index is 0.902. The van der Waals surface area contributed by atoms with E-state index in [9.17, 15) is 0 Å². The van der Waals surface area contributed by atoms with E-state index in [1.165, 1.54) is 32.0 Å². The lowest BCUT2D eigenvalue weighted by Crippen LogP contribution is -2.31. The van der Waals surface area contributed by atoms with Crippen LogP contribution in [0.3, 0.4) is 0 Å². The summed E-state index contributed by atoms with van der Waals surface area (Å²) < 4.78 is 5.83. The van der Waals surface area contributed by atoms with Crippen LogP contribution in [-0.2, 0) is 6.54 Å². The van der Waals surface area contributed by atoms with Crippen LogP contribution in [0.25, 0.3) is 26.4 Å². The van der Waals surface area contributed by atoms with Gasteiger partial charge in [0.2, 0.25) is 0 Å². The molecule has 0 bridgehead atoms. The summed E-state index contributed by atoms with van der Waals surface area (Å²) in [5.74, 6) is 0. The standard InChI is InChI=1S/C14H9N4S/c1-3-16-8-18-10(1)5-12-13(18)17-7-9-6-15-4-2-11(9)14(17)19-12/h1-6,8H,7H2/q+1. The largest absolute Gasteiger partial charge is 0.307 e. The molecule has 19 heavy (non-hydrogen) atoms. The van der Waals surface area contributed by atoms with Gasteiger partial charge in [-0.25, -0.2) is 9.55 Å². The first-order valence-electron chi connectivity index (χ1n) is 6.12. The Balaban J connectivity index is 1.94. The zero-order chi connectivity index (χ0) is 12.4. The van der Waals surface area contributed by atoms with E-state index in [2.05, 4.69) is 31.1 Å². The maximum Gasteiger partial charge on any atom is 0.307 e. The fourth-order valence-electron chi connectivity index (χ4n) is 2.86. The molecule has 0 amide bonds. The molecule has 0 unspecified atom stereocenters. The second-order valence-electron chi connectivity index (χ2n) is 4.73. The predicted molar refractivity (Wildman–Crippen MR) is 73.1 cm³/mol. The summed E-state index contributed by atoms with van der Waals surface area (Å²) in [5.41, 5.74) is 5.04. The molecule has 0 saturated carbocycles. The SMILES string of the molecule is c1cc2c(cn1)C[n+]1c-2sc2cc3ccncn3c21. The highest BCUT2D eigenvalue weighted by Gasteiger charge is 2.30. The van der Waals surface area contributed by atoms with Crippen molar-refractivity contribution in [1.82, 2.24) is 14.4 Å². The van der Waals surface area contributed by atoms with E-state index in [4.69, 9.17) is 0 Å². The average Bonchev–Trinajstić information content (AvgIpc) is 3.05. The van der Waals surface area contributed by atoms with Gasteiger partial charge in [0.05, 0.1) is 0 Å². The first kappa shape index (κ1) is 9.63. The molecule has 1 aliphatic rings. The number of nitrogens with zero attached hydrogens (tertiary/aromatic N) is 4. The molecular weight excluding hydrogens is 256 g/mol. The van der Waals surface area contributed by atoms with Crippen LogP contribution in [0.15, 0.2) is 43.1 Å². The zero-order valence-corrected chi connectivity index (χ0v) is 10.8. The highest BCUT2D eigenvalue weighted by molar-refractivity contribution is 7.21. The molecule has 5 heteroatoms. The third-order valence-electron chi connectivity index (χ3n) is 3.69. The van der Waals surface area contributed by atoms with Crippen LogP contribution in [0.1, 0.15) is 5.56 Å². The van der Waals surface area contributed by atoms with E-state index in [0.717, 1.165) is 6.54 Å². The van der Waals surface area contributed by atoms with Crippen molar-refractivity contribution in [3.8, 4) is 10.6 Å². The normalized spacial score (nSPS) is 13.1. The molecule has 0 saturated heterocycles. The van der Waals surface area contributed by atoms with E-state index in [0.29, 0.717) is 0 Å². The monoisotopic (exact) mass is 265 g/mol. The van der Waals surface area contributed by atoms with Crippen molar-refractivity contribution < 1.29 is 4.57 Å². The Labute approximate surface area is 112 Å². The topological polar surface area (TPSA) is 34.1 Å². The Bertz CT molecular complexity index is 951. The van der Waals surface area contributed by atoms with Gasteiger partial charge >= 0.3 is 5.65 Å². The minimum Gasteiger partial charge on any atom is -0.264 e. The van der Waals surface area contributed by atoms with Crippen molar-refractivity contribution in [3.05, 3.63) is 48.7 Å². The number of fused-ring (bicyclic) bond motifs is 7. The molecule has 5 heterocycles. The lowest BCUT2D eigenvalue weighted by atomic mass is 10.2. The maximum absolute atomic E-state index is 4.23. The zero-order valence-electron chi connectivity index (χ0n) is 9.95. The fourth-order valence-corrected chi connectivity index (χ4v) is 4.11. The van der Waals surface area contributed by atoms with Crippen molar-refractivity contribution in [2.24, 2.45) is 0 Å².